The number of cyclic esters (lactones) is 1. The summed E-state index contributed by atoms with van der Waals surface area (Å²) in [4.78, 5) is 29.4. The smallest absolute Gasteiger partial charge is 0.416 e. The predicted molar refractivity (Wildman–Crippen MR) is 110 cm³/mol. The van der Waals surface area contributed by atoms with E-state index in [0.717, 1.165) is 16.0 Å². The second kappa shape index (κ2) is 10.4. The van der Waals surface area contributed by atoms with E-state index in [4.69, 9.17) is 10.3 Å². The van der Waals surface area contributed by atoms with Gasteiger partial charge in [-0.3, -0.25) is 4.79 Å². The van der Waals surface area contributed by atoms with E-state index in [-0.39, 0.29) is 13.0 Å². The lowest BCUT2D eigenvalue weighted by Gasteiger charge is -2.25. The molecule has 1 fully saturated rings. The monoisotopic (exact) mass is 408 g/mol. The number of ether oxygens (including phenoxy) is 1. The van der Waals surface area contributed by atoms with Crippen LogP contribution in [0.15, 0.2) is 65.8 Å². The van der Waals surface area contributed by atoms with Crippen molar-refractivity contribution in [3.63, 3.8) is 0 Å². The minimum absolute atomic E-state index is 0.113. The van der Waals surface area contributed by atoms with E-state index in [9.17, 15) is 14.7 Å². The highest BCUT2D eigenvalue weighted by molar-refractivity contribution is 5.95. The molecule has 3 rings (SSSR count). The van der Waals surface area contributed by atoms with E-state index in [0.29, 0.717) is 12.8 Å². The topological polar surface area (TPSA) is 116 Å². The lowest BCUT2D eigenvalue weighted by molar-refractivity contribution is -0.135. The molecule has 156 valence electrons. The predicted octanol–water partition coefficient (Wildman–Crippen LogP) is 3.50. The van der Waals surface area contributed by atoms with Crippen LogP contribution in [-0.2, 0) is 22.4 Å². The SMILES string of the molecule is [N-]=[N+]=N[C@@H](Cc1ccccc1)C[C@H](CO)C(=O)N1C(=O)OCC1Cc1ccccc1. The number of rotatable bonds is 9. The van der Waals surface area contributed by atoms with Gasteiger partial charge >= 0.3 is 6.09 Å². The second-order valence-electron chi connectivity index (χ2n) is 7.29. The van der Waals surface area contributed by atoms with Crippen LogP contribution in [0.25, 0.3) is 10.4 Å². The van der Waals surface area contributed by atoms with Crippen molar-refractivity contribution >= 4 is 12.0 Å². The van der Waals surface area contributed by atoms with Gasteiger partial charge in [0.2, 0.25) is 5.91 Å². The van der Waals surface area contributed by atoms with E-state index in [2.05, 4.69) is 10.0 Å². The van der Waals surface area contributed by atoms with Gasteiger partial charge in [0, 0.05) is 11.0 Å². The zero-order chi connectivity index (χ0) is 21.3. The molecule has 0 aromatic heterocycles. The molecular weight excluding hydrogens is 384 g/mol. The van der Waals surface area contributed by atoms with Gasteiger partial charge in [0.05, 0.1) is 18.6 Å². The van der Waals surface area contributed by atoms with Crippen molar-refractivity contribution in [3.05, 3.63) is 82.2 Å². The van der Waals surface area contributed by atoms with Gasteiger partial charge in [-0.2, -0.15) is 0 Å². The molecule has 1 heterocycles. The molecule has 2 aromatic rings. The minimum Gasteiger partial charge on any atom is -0.447 e. The van der Waals surface area contributed by atoms with Crippen LogP contribution in [0, 0.1) is 5.92 Å². The molecule has 1 aliphatic heterocycles. The maximum absolute atomic E-state index is 13.1. The van der Waals surface area contributed by atoms with Crippen molar-refractivity contribution in [1.29, 1.82) is 0 Å². The van der Waals surface area contributed by atoms with E-state index < -0.39 is 36.6 Å². The quantitative estimate of drug-likeness (QED) is 0.388. The van der Waals surface area contributed by atoms with Crippen LogP contribution in [0.3, 0.4) is 0 Å². The fourth-order valence-corrected chi connectivity index (χ4v) is 3.68. The highest BCUT2D eigenvalue weighted by atomic mass is 16.6. The second-order valence-corrected chi connectivity index (χ2v) is 7.29. The first-order valence-corrected chi connectivity index (χ1v) is 9.85. The van der Waals surface area contributed by atoms with Gasteiger partial charge in [0.15, 0.2) is 0 Å². The van der Waals surface area contributed by atoms with Crippen molar-refractivity contribution in [2.75, 3.05) is 13.2 Å². The Morgan fingerprint density at radius 3 is 2.40 bits per heavy atom. The van der Waals surface area contributed by atoms with Gasteiger partial charge in [-0.25, -0.2) is 9.69 Å². The Kier molecular flexibility index (Phi) is 7.43. The van der Waals surface area contributed by atoms with Crippen LogP contribution in [0.4, 0.5) is 4.79 Å². The highest BCUT2D eigenvalue weighted by Gasteiger charge is 2.41. The average Bonchev–Trinajstić information content (AvgIpc) is 3.13. The maximum Gasteiger partial charge on any atom is 0.416 e. The number of aliphatic hydroxyl groups is 1. The molecule has 0 aliphatic carbocycles. The van der Waals surface area contributed by atoms with Crippen LogP contribution in [0.1, 0.15) is 17.5 Å². The number of hydrogen-bond donors (Lipinski definition) is 1. The molecule has 2 aromatic carbocycles. The van der Waals surface area contributed by atoms with E-state index in [1.165, 1.54) is 0 Å². The Morgan fingerprint density at radius 2 is 1.80 bits per heavy atom. The number of azide groups is 1. The molecular formula is C22H24N4O4. The zero-order valence-electron chi connectivity index (χ0n) is 16.5. The number of imide groups is 1. The normalized spacial score (nSPS) is 17.7. The highest BCUT2D eigenvalue weighted by Crippen LogP contribution is 2.23. The number of hydrogen-bond acceptors (Lipinski definition) is 5. The third-order valence-electron chi connectivity index (χ3n) is 5.17. The zero-order valence-corrected chi connectivity index (χ0v) is 16.5. The summed E-state index contributed by atoms with van der Waals surface area (Å²) < 4.78 is 5.12. The number of carbonyl (C=O) groups excluding carboxylic acids is 2. The first-order valence-electron chi connectivity index (χ1n) is 9.85. The molecule has 8 heteroatoms. The van der Waals surface area contributed by atoms with Crippen molar-refractivity contribution < 1.29 is 19.4 Å². The first kappa shape index (κ1) is 21.4. The average molecular weight is 408 g/mol. The Labute approximate surface area is 174 Å². The lowest BCUT2D eigenvalue weighted by atomic mass is 9.94. The summed E-state index contributed by atoms with van der Waals surface area (Å²) in [5, 5.41) is 13.7. The Hall–Kier alpha value is -3.35. The number of aliphatic hydroxyl groups excluding tert-OH is 1. The summed E-state index contributed by atoms with van der Waals surface area (Å²) in [5.74, 6) is -1.37. The van der Waals surface area contributed by atoms with Crippen LogP contribution < -0.4 is 0 Å². The van der Waals surface area contributed by atoms with Gasteiger partial charge in [-0.15, -0.1) is 0 Å². The fourth-order valence-electron chi connectivity index (χ4n) is 3.68. The summed E-state index contributed by atoms with van der Waals surface area (Å²) >= 11 is 0. The number of amides is 2. The summed E-state index contributed by atoms with van der Waals surface area (Å²) in [7, 11) is 0. The molecule has 30 heavy (non-hydrogen) atoms. The standard InChI is InChI=1S/C22H24N4O4/c23-25-24-19(11-16-7-3-1-4-8-16)13-18(14-27)21(28)26-20(15-30-22(26)29)12-17-9-5-2-6-10-17/h1-10,18-20,27H,11-15H2/t18-,19+,20?/m1/s1. The van der Waals surface area contributed by atoms with Crippen molar-refractivity contribution in [3.8, 4) is 0 Å². The van der Waals surface area contributed by atoms with E-state index in [1.807, 2.05) is 60.7 Å². The Morgan fingerprint density at radius 1 is 1.17 bits per heavy atom. The molecule has 0 bridgehead atoms. The van der Waals surface area contributed by atoms with Crippen molar-refractivity contribution in [1.82, 2.24) is 4.90 Å². The van der Waals surface area contributed by atoms with Gasteiger partial charge in [0.1, 0.15) is 6.61 Å². The van der Waals surface area contributed by atoms with Crippen molar-refractivity contribution in [2.24, 2.45) is 11.0 Å². The maximum atomic E-state index is 13.1. The molecule has 3 atom stereocenters. The largest absolute Gasteiger partial charge is 0.447 e. The van der Waals surface area contributed by atoms with Crippen LogP contribution in [0.2, 0.25) is 0 Å². The van der Waals surface area contributed by atoms with Crippen molar-refractivity contribution in [2.45, 2.75) is 31.3 Å². The molecule has 0 saturated carbocycles. The lowest BCUT2D eigenvalue weighted by Crippen LogP contribution is -2.45. The minimum atomic E-state index is -0.867. The third kappa shape index (κ3) is 5.37. The van der Waals surface area contributed by atoms with Gasteiger partial charge in [-0.05, 0) is 35.9 Å². The molecule has 1 unspecified atom stereocenters. The Bertz CT molecular complexity index is 900. The van der Waals surface area contributed by atoms with E-state index >= 15 is 0 Å². The van der Waals surface area contributed by atoms with Crippen LogP contribution in [-0.4, -0.2) is 47.3 Å². The number of nitrogens with zero attached hydrogens (tertiary/aromatic N) is 4. The molecule has 1 N–H and O–H groups in total. The van der Waals surface area contributed by atoms with Crippen LogP contribution in [0.5, 0.6) is 0 Å². The number of benzene rings is 2. The fraction of sp³-hybridized carbons (Fsp3) is 0.364. The van der Waals surface area contributed by atoms with Gasteiger partial charge in [-0.1, -0.05) is 65.8 Å². The van der Waals surface area contributed by atoms with Gasteiger partial charge < -0.3 is 9.84 Å². The third-order valence-corrected chi connectivity index (χ3v) is 5.17. The summed E-state index contributed by atoms with van der Waals surface area (Å²) in [5.41, 5.74) is 10.9. The van der Waals surface area contributed by atoms with Crippen LogP contribution >= 0.6 is 0 Å². The number of carbonyl (C=O) groups is 2. The van der Waals surface area contributed by atoms with E-state index in [1.54, 1.807) is 0 Å². The molecule has 1 saturated heterocycles. The summed E-state index contributed by atoms with van der Waals surface area (Å²) in [6, 6.07) is 18.0. The Balaban J connectivity index is 1.72. The summed E-state index contributed by atoms with van der Waals surface area (Å²) in [6.45, 7) is -0.339. The molecule has 8 nitrogen and oxygen atoms in total. The molecule has 2 amide bonds. The summed E-state index contributed by atoms with van der Waals surface area (Å²) in [6.07, 6.45) is 0.339. The van der Waals surface area contributed by atoms with Gasteiger partial charge in [0.25, 0.3) is 0 Å². The first-order chi connectivity index (χ1) is 14.6. The molecule has 0 spiro atoms. The molecule has 1 aliphatic rings. The molecule has 0 radical (unpaired) electrons.